The number of aromatic nitrogens is 4. The molecule has 0 unspecified atom stereocenters. The molecule has 140 valence electrons. The third-order valence-electron chi connectivity index (χ3n) is 2.93. The van der Waals surface area contributed by atoms with E-state index < -0.39 is 17.6 Å². The molecular formula is C13H17Cl2F3N6O. The zero-order valence-corrected chi connectivity index (χ0v) is 14.7. The van der Waals surface area contributed by atoms with Crippen LogP contribution in [0.3, 0.4) is 0 Å². The molecule has 0 bridgehead atoms. The number of carbonyl (C=O) groups is 1. The van der Waals surface area contributed by atoms with Crippen LogP contribution >= 0.6 is 24.8 Å². The number of amides is 1. The molecule has 0 aliphatic rings. The fraction of sp³-hybridized carbons (Fsp3) is 0.385. The summed E-state index contributed by atoms with van der Waals surface area (Å²) in [7, 11) is 1.81. The first-order valence-corrected chi connectivity index (χ1v) is 6.80. The van der Waals surface area contributed by atoms with Gasteiger partial charge in [0.25, 0.3) is 5.91 Å². The topological polar surface area (TPSA) is 84.7 Å². The number of halogens is 5. The van der Waals surface area contributed by atoms with Gasteiger partial charge in [-0.25, -0.2) is 9.67 Å². The Morgan fingerprint density at radius 1 is 1.24 bits per heavy atom. The molecule has 2 aromatic heterocycles. The Hall–Kier alpha value is -1.91. The standard InChI is InChI=1S/C13H15F3N6O.2ClH/c1-17-5-2-6-18-12(23)10-8-22(21-20-10)11-4-3-9(7-19-11)13(14,15)16;;/h3-4,7-8,17H,2,5-6H2,1H3,(H,18,23);2*1H. The normalized spacial score (nSPS) is 10.6. The molecule has 25 heavy (non-hydrogen) atoms. The van der Waals surface area contributed by atoms with Gasteiger partial charge in [0, 0.05) is 12.7 Å². The molecular weight excluding hydrogens is 384 g/mol. The number of rotatable bonds is 6. The molecule has 12 heteroatoms. The lowest BCUT2D eigenvalue weighted by Crippen LogP contribution is -2.26. The van der Waals surface area contributed by atoms with Gasteiger partial charge in [0.05, 0.1) is 11.8 Å². The smallest absolute Gasteiger partial charge is 0.351 e. The molecule has 7 nitrogen and oxygen atoms in total. The summed E-state index contributed by atoms with van der Waals surface area (Å²) in [5, 5.41) is 13.0. The zero-order valence-electron chi connectivity index (χ0n) is 13.1. The van der Waals surface area contributed by atoms with Crippen molar-refractivity contribution in [2.24, 2.45) is 0 Å². The Labute approximate surface area is 154 Å². The van der Waals surface area contributed by atoms with Gasteiger partial charge in [-0.2, -0.15) is 13.2 Å². The second-order valence-electron chi connectivity index (χ2n) is 4.66. The second kappa shape index (κ2) is 10.2. The summed E-state index contributed by atoms with van der Waals surface area (Å²) in [6, 6.07) is 2.05. The van der Waals surface area contributed by atoms with Crippen LogP contribution in [0.25, 0.3) is 5.82 Å². The maximum absolute atomic E-state index is 12.5. The van der Waals surface area contributed by atoms with E-state index in [1.807, 2.05) is 7.05 Å². The first kappa shape index (κ1) is 23.1. The van der Waals surface area contributed by atoms with Crippen molar-refractivity contribution in [1.82, 2.24) is 30.6 Å². The van der Waals surface area contributed by atoms with Crippen molar-refractivity contribution in [3.8, 4) is 5.82 Å². The fourth-order valence-electron chi connectivity index (χ4n) is 1.73. The summed E-state index contributed by atoms with van der Waals surface area (Å²) >= 11 is 0. The molecule has 0 aliphatic heterocycles. The van der Waals surface area contributed by atoms with Crippen molar-refractivity contribution >= 4 is 30.7 Å². The molecule has 2 aromatic rings. The average molecular weight is 401 g/mol. The fourth-order valence-corrected chi connectivity index (χ4v) is 1.73. The van der Waals surface area contributed by atoms with Crippen molar-refractivity contribution in [3.63, 3.8) is 0 Å². The molecule has 0 aromatic carbocycles. The molecule has 0 radical (unpaired) electrons. The Balaban J connectivity index is 0.00000288. The van der Waals surface area contributed by atoms with E-state index >= 15 is 0 Å². The Morgan fingerprint density at radius 3 is 2.52 bits per heavy atom. The molecule has 2 N–H and O–H groups in total. The van der Waals surface area contributed by atoms with Crippen LogP contribution in [0, 0.1) is 0 Å². The van der Waals surface area contributed by atoms with E-state index in [0.29, 0.717) is 12.7 Å². The minimum absolute atomic E-state index is 0. The van der Waals surface area contributed by atoms with Gasteiger partial charge in [-0.1, -0.05) is 5.21 Å². The molecule has 0 fully saturated rings. The van der Waals surface area contributed by atoms with Gasteiger partial charge in [0.2, 0.25) is 0 Å². The number of hydrogen-bond acceptors (Lipinski definition) is 5. The lowest BCUT2D eigenvalue weighted by Gasteiger charge is -2.06. The largest absolute Gasteiger partial charge is 0.417 e. The summed E-state index contributed by atoms with van der Waals surface area (Å²) in [4.78, 5) is 15.5. The summed E-state index contributed by atoms with van der Waals surface area (Å²) in [6.07, 6.45) is -1.68. The number of nitrogens with zero attached hydrogens (tertiary/aromatic N) is 4. The van der Waals surface area contributed by atoms with Gasteiger partial charge in [0.1, 0.15) is 0 Å². The van der Waals surface area contributed by atoms with E-state index in [9.17, 15) is 18.0 Å². The second-order valence-corrected chi connectivity index (χ2v) is 4.66. The van der Waals surface area contributed by atoms with Gasteiger partial charge in [-0.3, -0.25) is 4.79 Å². The lowest BCUT2D eigenvalue weighted by molar-refractivity contribution is -0.137. The SMILES string of the molecule is CNCCCNC(=O)c1cn(-c2ccc(C(F)(F)F)cn2)nn1.Cl.Cl. The molecule has 2 heterocycles. The number of nitrogens with one attached hydrogen (secondary N) is 2. The van der Waals surface area contributed by atoms with Crippen molar-refractivity contribution in [2.45, 2.75) is 12.6 Å². The maximum atomic E-state index is 12.5. The number of hydrogen-bond donors (Lipinski definition) is 2. The quantitative estimate of drug-likeness (QED) is 0.722. The van der Waals surface area contributed by atoms with Crippen molar-refractivity contribution in [2.75, 3.05) is 20.1 Å². The highest BCUT2D eigenvalue weighted by molar-refractivity contribution is 5.91. The van der Waals surface area contributed by atoms with Gasteiger partial charge >= 0.3 is 6.18 Å². The van der Waals surface area contributed by atoms with Crippen LogP contribution in [0.4, 0.5) is 13.2 Å². The van der Waals surface area contributed by atoms with Crippen LogP contribution < -0.4 is 10.6 Å². The average Bonchev–Trinajstić information content (AvgIpc) is 3.01. The first-order valence-electron chi connectivity index (χ1n) is 6.80. The number of alkyl halides is 3. The van der Waals surface area contributed by atoms with Crippen LogP contribution in [-0.4, -0.2) is 46.0 Å². The van der Waals surface area contributed by atoms with E-state index in [2.05, 4.69) is 25.9 Å². The maximum Gasteiger partial charge on any atom is 0.417 e. The van der Waals surface area contributed by atoms with Crippen molar-refractivity contribution < 1.29 is 18.0 Å². The molecule has 0 saturated carbocycles. The minimum atomic E-state index is -4.45. The molecule has 0 saturated heterocycles. The molecule has 0 spiro atoms. The molecule has 2 rings (SSSR count). The van der Waals surface area contributed by atoms with E-state index in [0.717, 1.165) is 29.8 Å². The van der Waals surface area contributed by atoms with Gasteiger partial charge in [-0.15, -0.1) is 29.9 Å². The number of pyridine rings is 1. The summed E-state index contributed by atoms with van der Waals surface area (Å²) in [6.45, 7) is 1.24. The van der Waals surface area contributed by atoms with Gasteiger partial charge < -0.3 is 10.6 Å². The van der Waals surface area contributed by atoms with Gasteiger partial charge in [0.15, 0.2) is 11.5 Å². The van der Waals surface area contributed by atoms with Crippen molar-refractivity contribution in [1.29, 1.82) is 0 Å². The molecule has 0 atom stereocenters. The molecule has 0 aliphatic carbocycles. The predicted octanol–water partition coefficient (Wildman–Crippen LogP) is 1.86. The highest BCUT2D eigenvalue weighted by Gasteiger charge is 2.30. The lowest BCUT2D eigenvalue weighted by atomic mass is 10.3. The van der Waals surface area contributed by atoms with Crippen molar-refractivity contribution in [3.05, 3.63) is 35.8 Å². The van der Waals surface area contributed by atoms with E-state index in [1.165, 1.54) is 6.20 Å². The van der Waals surface area contributed by atoms with Crippen LogP contribution in [0.5, 0.6) is 0 Å². The Kier molecular flexibility index (Phi) is 9.39. The molecule has 1 amide bonds. The zero-order chi connectivity index (χ0) is 16.9. The highest BCUT2D eigenvalue weighted by Crippen LogP contribution is 2.28. The predicted molar refractivity (Wildman–Crippen MR) is 89.5 cm³/mol. The van der Waals surface area contributed by atoms with E-state index in [-0.39, 0.29) is 36.3 Å². The van der Waals surface area contributed by atoms with Crippen LogP contribution in [0.1, 0.15) is 22.5 Å². The van der Waals surface area contributed by atoms with Crippen LogP contribution in [-0.2, 0) is 6.18 Å². The van der Waals surface area contributed by atoms with E-state index in [4.69, 9.17) is 0 Å². The van der Waals surface area contributed by atoms with E-state index in [1.54, 1.807) is 0 Å². The number of carbonyl (C=O) groups excluding carboxylic acids is 1. The Bertz CT molecular complexity index is 663. The van der Waals surface area contributed by atoms with Gasteiger partial charge in [-0.05, 0) is 32.1 Å². The summed E-state index contributed by atoms with van der Waals surface area (Å²) in [5.74, 6) is -0.265. The third-order valence-corrected chi connectivity index (χ3v) is 2.93. The van der Waals surface area contributed by atoms with Crippen LogP contribution in [0.15, 0.2) is 24.5 Å². The third kappa shape index (κ3) is 6.48. The highest BCUT2D eigenvalue weighted by atomic mass is 35.5. The Morgan fingerprint density at radius 2 is 1.96 bits per heavy atom. The summed E-state index contributed by atoms with van der Waals surface area (Å²) in [5.41, 5.74) is -0.792. The first-order chi connectivity index (χ1) is 10.9. The summed E-state index contributed by atoms with van der Waals surface area (Å²) < 4.78 is 38.6. The monoisotopic (exact) mass is 400 g/mol. The van der Waals surface area contributed by atoms with Crippen LogP contribution in [0.2, 0.25) is 0 Å². The minimum Gasteiger partial charge on any atom is -0.351 e.